The highest BCUT2D eigenvalue weighted by Crippen LogP contribution is 2.18. The van der Waals surface area contributed by atoms with E-state index >= 15 is 0 Å². The summed E-state index contributed by atoms with van der Waals surface area (Å²) in [5.74, 6) is 0.0771. The first-order chi connectivity index (χ1) is 9.60. The molecule has 1 aromatic carbocycles. The minimum Gasteiger partial charge on any atom is -0.389 e. The van der Waals surface area contributed by atoms with Gasteiger partial charge in [-0.1, -0.05) is 31.3 Å². The third-order valence-electron chi connectivity index (χ3n) is 4.07. The zero-order chi connectivity index (χ0) is 16.3. The molecule has 0 aliphatic heterocycles. The molecule has 118 valence electrons. The van der Waals surface area contributed by atoms with Crippen molar-refractivity contribution in [2.24, 2.45) is 5.73 Å². The second-order valence-corrected chi connectivity index (χ2v) is 8.35. The van der Waals surface area contributed by atoms with Gasteiger partial charge < -0.3 is 10.6 Å². The molecule has 0 aliphatic rings. The maximum atomic E-state index is 12.4. The van der Waals surface area contributed by atoms with Crippen LogP contribution in [-0.2, 0) is 9.84 Å². The molecule has 0 heterocycles. The summed E-state index contributed by atoms with van der Waals surface area (Å²) >= 11 is 4.89. The lowest BCUT2D eigenvalue weighted by Gasteiger charge is -2.34. The molecule has 0 bridgehead atoms. The molecule has 2 N–H and O–H groups in total. The zero-order valence-corrected chi connectivity index (χ0v) is 14.7. The van der Waals surface area contributed by atoms with Gasteiger partial charge in [0.05, 0.1) is 10.6 Å². The van der Waals surface area contributed by atoms with Crippen LogP contribution < -0.4 is 5.73 Å². The van der Waals surface area contributed by atoms with Crippen molar-refractivity contribution in [3.8, 4) is 0 Å². The van der Waals surface area contributed by atoms with Crippen LogP contribution in [0, 0.1) is 0 Å². The Morgan fingerprint density at radius 2 is 2.00 bits per heavy atom. The third-order valence-corrected chi connectivity index (χ3v) is 6.00. The third kappa shape index (κ3) is 4.76. The summed E-state index contributed by atoms with van der Waals surface area (Å²) in [6.07, 6.45) is 0.959. The van der Waals surface area contributed by atoms with Crippen LogP contribution in [0.4, 0.5) is 0 Å². The van der Waals surface area contributed by atoms with Crippen LogP contribution in [0.25, 0.3) is 0 Å². The smallest absolute Gasteiger partial charge is 0.179 e. The van der Waals surface area contributed by atoms with Crippen LogP contribution in [0.5, 0.6) is 0 Å². The fourth-order valence-electron chi connectivity index (χ4n) is 1.79. The van der Waals surface area contributed by atoms with Gasteiger partial charge in [-0.2, -0.15) is 0 Å². The summed E-state index contributed by atoms with van der Waals surface area (Å²) in [4.78, 5) is 2.55. The second kappa shape index (κ2) is 6.85. The van der Waals surface area contributed by atoms with Crippen molar-refractivity contribution in [3.05, 3.63) is 29.8 Å². The lowest BCUT2D eigenvalue weighted by molar-refractivity contribution is 0.160. The van der Waals surface area contributed by atoms with E-state index in [0.29, 0.717) is 12.1 Å². The van der Waals surface area contributed by atoms with E-state index in [0.717, 1.165) is 6.42 Å². The largest absolute Gasteiger partial charge is 0.389 e. The first-order valence-corrected chi connectivity index (χ1v) is 9.00. The van der Waals surface area contributed by atoms with Crippen molar-refractivity contribution in [1.29, 1.82) is 0 Å². The Morgan fingerprint density at radius 3 is 2.52 bits per heavy atom. The van der Waals surface area contributed by atoms with Crippen LogP contribution >= 0.6 is 12.2 Å². The first-order valence-electron chi connectivity index (χ1n) is 6.94. The first kappa shape index (κ1) is 18.1. The Morgan fingerprint density at radius 1 is 1.38 bits per heavy atom. The predicted molar refractivity (Wildman–Crippen MR) is 91.4 cm³/mol. The van der Waals surface area contributed by atoms with E-state index in [2.05, 4.69) is 25.7 Å². The molecule has 0 radical (unpaired) electrons. The fourth-order valence-corrected chi connectivity index (χ4v) is 3.26. The molecule has 1 aromatic rings. The van der Waals surface area contributed by atoms with E-state index in [1.54, 1.807) is 24.3 Å². The molecule has 0 aromatic heterocycles. The summed E-state index contributed by atoms with van der Waals surface area (Å²) in [5.41, 5.74) is 6.11. The number of thiocarbonyl (C=S) groups is 1. The van der Waals surface area contributed by atoms with E-state index in [1.807, 2.05) is 7.05 Å². The molecule has 0 atom stereocenters. The van der Waals surface area contributed by atoms with Gasteiger partial charge in [-0.15, -0.1) is 0 Å². The fraction of sp³-hybridized carbons (Fsp3) is 0.533. The molecule has 0 aliphatic carbocycles. The Hall–Kier alpha value is -0.980. The molecular formula is C15H24N2O2S2. The molecule has 4 nitrogen and oxygen atoms in total. The van der Waals surface area contributed by atoms with Gasteiger partial charge in [0, 0.05) is 17.6 Å². The lowest BCUT2D eigenvalue weighted by Crippen LogP contribution is -2.42. The predicted octanol–water partition coefficient (Wildman–Crippen LogP) is 2.21. The van der Waals surface area contributed by atoms with Gasteiger partial charge >= 0.3 is 0 Å². The van der Waals surface area contributed by atoms with Crippen molar-refractivity contribution in [2.75, 3.05) is 19.3 Å². The minimum atomic E-state index is -3.34. The van der Waals surface area contributed by atoms with Crippen LogP contribution in [0.3, 0.4) is 0 Å². The van der Waals surface area contributed by atoms with E-state index < -0.39 is 9.84 Å². The van der Waals surface area contributed by atoms with Gasteiger partial charge in [-0.3, -0.25) is 0 Å². The summed E-state index contributed by atoms with van der Waals surface area (Å²) in [6.45, 7) is 6.79. The monoisotopic (exact) mass is 328 g/mol. The number of rotatable bonds is 7. The average Bonchev–Trinajstić information content (AvgIpc) is 2.44. The highest BCUT2D eigenvalue weighted by molar-refractivity contribution is 7.91. The number of sulfone groups is 1. The van der Waals surface area contributed by atoms with Crippen molar-refractivity contribution in [1.82, 2.24) is 4.90 Å². The minimum absolute atomic E-state index is 0.0177. The standard InChI is InChI=1S/C15H24N2O2S2/c1-5-15(2,3)17(4)9-10-21(18,19)13-8-6-7-12(11-13)14(16)20/h6-8,11H,5,9-10H2,1-4H3,(H2,16,20). The van der Waals surface area contributed by atoms with Crippen molar-refractivity contribution < 1.29 is 8.42 Å². The van der Waals surface area contributed by atoms with Gasteiger partial charge in [-0.05, 0) is 39.4 Å². The number of nitrogens with zero attached hydrogens (tertiary/aromatic N) is 1. The van der Waals surface area contributed by atoms with Gasteiger partial charge in [0.25, 0.3) is 0 Å². The summed E-state index contributed by atoms with van der Waals surface area (Å²) < 4.78 is 24.8. The lowest BCUT2D eigenvalue weighted by atomic mass is 10.0. The maximum absolute atomic E-state index is 12.4. The normalized spacial score (nSPS) is 12.6. The molecule has 0 saturated heterocycles. The van der Waals surface area contributed by atoms with Crippen molar-refractivity contribution in [3.63, 3.8) is 0 Å². The van der Waals surface area contributed by atoms with E-state index in [-0.39, 0.29) is 21.2 Å². The Kier molecular flexibility index (Phi) is 5.90. The molecule has 21 heavy (non-hydrogen) atoms. The average molecular weight is 329 g/mol. The Balaban J connectivity index is 2.88. The zero-order valence-electron chi connectivity index (χ0n) is 13.1. The quantitative estimate of drug-likeness (QED) is 0.778. The van der Waals surface area contributed by atoms with Gasteiger partial charge in [-0.25, -0.2) is 8.42 Å². The van der Waals surface area contributed by atoms with Crippen LogP contribution in [0.1, 0.15) is 32.8 Å². The van der Waals surface area contributed by atoms with Crippen molar-refractivity contribution >= 4 is 27.0 Å². The van der Waals surface area contributed by atoms with Crippen molar-refractivity contribution in [2.45, 2.75) is 37.6 Å². The molecular weight excluding hydrogens is 304 g/mol. The molecule has 0 fully saturated rings. The molecule has 0 amide bonds. The molecule has 6 heteroatoms. The van der Waals surface area contributed by atoms with E-state index in [4.69, 9.17) is 18.0 Å². The summed E-state index contributed by atoms with van der Waals surface area (Å²) in [7, 11) is -1.39. The number of hydrogen-bond acceptors (Lipinski definition) is 4. The van der Waals surface area contributed by atoms with E-state index in [9.17, 15) is 8.42 Å². The highest BCUT2D eigenvalue weighted by Gasteiger charge is 2.23. The van der Waals surface area contributed by atoms with E-state index in [1.165, 1.54) is 0 Å². The Bertz CT molecular complexity index is 610. The number of hydrogen-bond donors (Lipinski definition) is 1. The number of nitrogens with two attached hydrogens (primary N) is 1. The second-order valence-electron chi connectivity index (χ2n) is 5.80. The SMILES string of the molecule is CCC(C)(C)N(C)CCS(=O)(=O)c1cccc(C(N)=S)c1. The molecule has 0 saturated carbocycles. The summed E-state index contributed by atoms with van der Waals surface area (Å²) in [5, 5.41) is 0. The van der Waals surface area contributed by atoms with Crippen LogP contribution in [0.15, 0.2) is 29.2 Å². The van der Waals surface area contributed by atoms with Gasteiger partial charge in [0.1, 0.15) is 4.99 Å². The van der Waals surface area contributed by atoms with Crippen LogP contribution in [-0.4, -0.2) is 43.2 Å². The van der Waals surface area contributed by atoms with Crippen LogP contribution in [0.2, 0.25) is 0 Å². The van der Waals surface area contributed by atoms with Gasteiger partial charge in [0.2, 0.25) is 0 Å². The summed E-state index contributed by atoms with van der Waals surface area (Å²) in [6, 6.07) is 6.51. The topological polar surface area (TPSA) is 63.4 Å². The Labute approximate surface area is 133 Å². The molecule has 0 unspecified atom stereocenters. The molecule has 0 spiro atoms. The maximum Gasteiger partial charge on any atom is 0.179 e. The van der Waals surface area contributed by atoms with Gasteiger partial charge in [0.15, 0.2) is 9.84 Å². The highest BCUT2D eigenvalue weighted by atomic mass is 32.2. The molecule has 1 rings (SSSR count). The number of benzene rings is 1.